The summed E-state index contributed by atoms with van der Waals surface area (Å²) in [4.78, 5) is 4.40. The van der Waals surface area contributed by atoms with Crippen LogP contribution < -0.4 is 5.32 Å². The summed E-state index contributed by atoms with van der Waals surface area (Å²) in [5.41, 5.74) is 0. The zero-order valence-electron chi connectivity index (χ0n) is 12.8. The van der Waals surface area contributed by atoms with E-state index < -0.39 is 0 Å². The Kier molecular flexibility index (Phi) is 6.47. The molecule has 2 unspecified atom stereocenters. The molecule has 5 nitrogen and oxygen atoms in total. The van der Waals surface area contributed by atoms with Crippen molar-refractivity contribution >= 4 is 0 Å². The minimum atomic E-state index is 0.477. The molecule has 0 saturated carbocycles. The Morgan fingerprint density at radius 3 is 3.10 bits per heavy atom. The number of nitrogens with one attached hydrogen (secondary N) is 1. The zero-order valence-corrected chi connectivity index (χ0v) is 12.8. The number of aromatic nitrogens is 3. The smallest absolute Gasteiger partial charge is 0.138 e. The molecule has 114 valence electrons. The molecule has 2 rings (SSSR count). The van der Waals surface area contributed by atoms with Crippen LogP contribution >= 0.6 is 0 Å². The van der Waals surface area contributed by atoms with Crippen molar-refractivity contribution in [2.24, 2.45) is 0 Å². The Morgan fingerprint density at radius 1 is 1.50 bits per heavy atom. The van der Waals surface area contributed by atoms with Crippen molar-refractivity contribution in [2.75, 3.05) is 13.2 Å². The summed E-state index contributed by atoms with van der Waals surface area (Å²) in [6.07, 6.45) is 9.02. The fourth-order valence-corrected chi connectivity index (χ4v) is 2.81. The van der Waals surface area contributed by atoms with E-state index in [2.05, 4.69) is 29.2 Å². The Morgan fingerprint density at radius 2 is 2.40 bits per heavy atom. The molecule has 1 aliphatic heterocycles. The monoisotopic (exact) mass is 280 g/mol. The van der Waals surface area contributed by atoms with Gasteiger partial charge in [-0.05, 0) is 45.6 Å². The van der Waals surface area contributed by atoms with E-state index in [1.807, 2.05) is 4.68 Å². The lowest BCUT2D eigenvalue weighted by Gasteiger charge is -2.20. The van der Waals surface area contributed by atoms with Gasteiger partial charge in [0, 0.05) is 25.6 Å². The Bertz CT molecular complexity index is 374. The molecule has 1 N–H and O–H groups in total. The van der Waals surface area contributed by atoms with E-state index in [1.165, 1.54) is 12.8 Å². The molecular formula is C15H28N4O. The average molecular weight is 280 g/mol. The molecule has 5 heteroatoms. The number of hydrogen-bond donors (Lipinski definition) is 1. The van der Waals surface area contributed by atoms with Crippen LogP contribution in [0.3, 0.4) is 0 Å². The summed E-state index contributed by atoms with van der Waals surface area (Å²) in [7, 11) is 0. The van der Waals surface area contributed by atoms with Crippen molar-refractivity contribution in [3.05, 3.63) is 12.2 Å². The number of nitrogens with zero attached hydrogens (tertiary/aromatic N) is 3. The number of rotatable bonds is 9. The van der Waals surface area contributed by atoms with Crippen molar-refractivity contribution in [3.63, 3.8) is 0 Å². The fourth-order valence-electron chi connectivity index (χ4n) is 2.81. The van der Waals surface area contributed by atoms with E-state index in [9.17, 15) is 0 Å². The molecule has 2 heterocycles. The van der Waals surface area contributed by atoms with Gasteiger partial charge in [-0.25, -0.2) is 4.98 Å². The molecule has 0 amide bonds. The highest BCUT2D eigenvalue weighted by atomic mass is 16.5. The van der Waals surface area contributed by atoms with E-state index in [-0.39, 0.29) is 0 Å². The van der Waals surface area contributed by atoms with Crippen LogP contribution in [-0.4, -0.2) is 40.1 Å². The van der Waals surface area contributed by atoms with Crippen molar-refractivity contribution in [1.82, 2.24) is 20.1 Å². The first-order valence-electron chi connectivity index (χ1n) is 8.05. The van der Waals surface area contributed by atoms with Gasteiger partial charge in [-0.15, -0.1) is 0 Å². The summed E-state index contributed by atoms with van der Waals surface area (Å²) >= 11 is 0. The summed E-state index contributed by atoms with van der Waals surface area (Å²) in [6.45, 7) is 7.22. The maximum Gasteiger partial charge on any atom is 0.138 e. The topological polar surface area (TPSA) is 52.0 Å². The second-order valence-corrected chi connectivity index (χ2v) is 5.56. The largest absolute Gasteiger partial charge is 0.378 e. The van der Waals surface area contributed by atoms with Crippen LogP contribution in [0.4, 0.5) is 0 Å². The summed E-state index contributed by atoms with van der Waals surface area (Å²) in [5, 5.41) is 7.90. The van der Waals surface area contributed by atoms with Gasteiger partial charge in [-0.3, -0.25) is 4.68 Å². The second-order valence-electron chi connectivity index (χ2n) is 5.56. The normalized spacial score (nSPS) is 20.4. The number of hydrogen-bond acceptors (Lipinski definition) is 4. The molecule has 1 aromatic rings. The second kappa shape index (κ2) is 8.37. The minimum Gasteiger partial charge on any atom is -0.378 e. The lowest BCUT2D eigenvalue weighted by molar-refractivity contribution is 0.0994. The zero-order chi connectivity index (χ0) is 14.2. The van der Waals surface area contributed by atoms with Crippen LogP contribution in [-0.2, 0) is 17.7 Å². The summed E-state index contributed by atoms with van der Waals surface area (Å²) in [5.74, 6) is 1.09. The molecule has 0 aromatic carbocycles. The third kappa shape index (κ3) is 4.56. The highest BCUT2D eigenvalue weighted by Gasteiger charge is 2.19. The first-order chi connectivity index (χ1) is 9.83. The van der Waals surface area contributed by atoms with Gasteiger partial charge in [0.25, 0.3) is 0 Å². The van der Waals surface area contributed by atoms with Crippen LogP contribution in [0.2, 0.25) is 0 Å². The molecule has 1 aromatic heterocycles. The van der Waals surface area contributed by atoms with E-state index in [4.69, 9.17) is 4.74 Å². The molecular weight excluding hydrogens is 252 g/mol. The molecule has 0 spiro atoms. The minimum absolute atomic E-state index is 0.477. The highest BCUT2D eigenvalue weighted by molar-refractivity contribution is 4.90. The summed E-state index contributed by atoms with van der Waals surface area (Å²) < 4.78 is 7.72. The van der Waals surface area contributed by atoms with Gasteiger partial charge in [0.15, 0.2) is 0 Å². The Hall–Kier alpha value is -0.940. The Balaban J connectivity index is 1.85. The number of aryl methyl sites for hydroxylation is 1. The van der Waals surface area contributed by atoms with Gasteiger partial charge >= 0.3 is 0 Å². The average Bonchev–Trinajstić information content (AvgIpc) is 3.12. The van der Waals surface area contributed by atoms with Crippen molar-refractivity contribution in [1.29, 1.82) is 0 Å². The predicted molar refractivity (Wildman–Crippen MR) is 79.7 cm³/mol. The molecule has 1 saturated heterocycles. The predicted octanol–water partition coefficient (Wildman–Crippen LogP) is 2.17. The van der Waals surface area contributed by atoms with E-state index >= 15 is 0 Å². The molecule has 0 bridgehead atoms. The van der Waals surface area contributed by atoms with Crippen LogP contribution in [0.5, 0.6) is 0 Å². The lowest BCUT2D eigenvalue weighted by Crippen LogP contribution is -2.33. The third-order valence-corrected chi connectivity index (χ3v) is 3.97. The first kappa shape index (κ1) is 15.4. The van der Waals surface area contributed by atoms with Crippen LogP contribution in [0.25, 0.3) is 0 Å². The van der Waals surface area contributed by atoms with E-state index in [1.54, 1.807) is 6.33 Å². The van der Waals surface area contributed by atoms with Crippen LogP contribution in [0.15, 0.2) is 6.33 Å². The number of ether oxygens (including phenoxy) is 1. The maximum atomic E-state index is 5.73. The van der Waals surface area contributed by atoms with Crippen LogP contribution in [0.1, 0.15) is 51.8 Å². The molecule has 2 atom stereocenters. The van der Waals surface area contributed by atoms with Crippen LogP contribution in [0, 0.1) is 0 Å². The molecule has 0 aliphatic carbocycles. The highest BCUT2D eigenvalue weighted by Crippen LogP contribution is 2.18. The van der Waals surface area contributed by atoms with Gasteiger partial charge in [0.05, 0.1) is 6.10 Å². The van der Waals surface area contributed by atoms with Crippen molar-refractivity contribution in [2.45, 2.75) is 71.1 Å². The van der Waals surface area contributed by atoms with Gasteiger partial charge in [0.1, 0.15) is 12.2 Å². The van der Waals surface area contributed by atoms with Gasteiger partial charge < -0.3 is 10.1 Å². The molecule has 20 heavy (non-hydrogen) atoms. The molecule has 0 radical (unpaired) electrons. The quantitative estimate of drug-likeness (QED) is 0.753. The fraction of sp³-hybridized carbons (Fsp3) is 0.867. The summed E-state index contributed by atoms with van der Waals surface area (Å²) in [6, 6.07) is 0.480. The van der Waals surface area contributed by atoms with Crippen molar-refractivity contribution in [3.8, 4) is 0 Å². The Labute approximate surface area is 122 Å². The molecule has 1 fully saturated rings. The van der Waals surface area contributed by atoms with Gasteiger partial charge in [-0.1, -0.05) is 6.92 Å². The SMILES string of the molecule is CCCNC(CCC1CCCO1)Cc1ncnn1CC. The third-order valence-electron chi connectivity index (χ3n) is 3.97. The van der Waals surface area contributed by atoms with E-state index in [0.717, 1.165) is 51.2 Å². The maximum absolute atomic E-state index is 5.73. The van der Waals surface area contributed by atoms with Gasteiger partial charge in [-0.2, -0.15) is 5.10 Å². The molecule has 1 aliphatic rings. The lowest BCUT2D eigenvalue weighted by atomic mass is 10.0. The van der Waals surface area contributed by atoms with Crippen molar-refractivity contribution < 1.29 is 4.74 Å². The standard InChI is InChI=1S/C15H28N4O/c1-3-9-16-13(7-8-14-6-5-10-20-14)11-15-17-12-18-19(15)4-2/h12-14,16H,3-11H2,1-2H3. The van der Waals surface area contributed by atoms with E-state index in [0.29, 0.717) is 12.1 Å². The van der Waals surface area contributed by atoms with Gasteiger partial charge in [0.2, 0.25) is 0 Å². The first-order valence-corrected chi connectivity index (χ1v) is 8.05.